The fourth-order valence-electron chi connectivity index (χ4n) is 2.35. The van der Waals surface area contributed by atoms with Crippen molar-refractivity contribution in [1.29, 1.82) is 0 Å². The number of carbonyl (C=O) groups excluding carboxylic acids is 1. The van der Waals surface area contributed by atoms with Crippen LogP contribution in [-0.2, 0) is 14.3 Å². The van der Waals surface area contributed by atoms with Gasteiger partial charge in [-0.1, -0.05) is 30.3 Å². The number of ether oxygens (including phenoxy) is 1. The SMILES string of the molecule is CN(C(=O)C(N)c1ccccc1)C1COCC1C(=O)O. The Morgan fingerprint density at radius 2 is 2.00 bits per heavy atom. The Morgan fingerprint density at radius 3 is 2.60 bits per heavy atom. The van der Waals surface area contributed by atoms with Crippen molar-refractivity contribution >= 4 is 11.9 Å². The summed E-state index contributed by atoms with van der Waals surface area (Å²) in [4.78, 5) is 24.9. The summed E-state index contributed by atoms with van der Waals surface area (Å²) in [6, 6.07) is 7.73. The second-order valence-corrected chi connectivity index (χ2v) is 4.89. The molecular formula is C14H18N2O4. The first-order valence-electron chi connectivity index (χ1n) is 6.40. The molecule has 1 aromatic rings. The maximum Gasteiger partial charge on any atom is 0.311 e. The zero-order chi connectivity index (χ0) is 14.7. The lowest BCUT2D eigenvalue weighted by Crippen LogP contribution is -2.47. The van der Waals surface area contributed by atoms with Crippen LogP contribution in [0.5, 0.6) is 0 Å². The molecule has 1 aliphatic heterocycles. The third-order valence-corrected chi connectivity index (χ3v) is 3.64. The van der Waals surface area contributed by atoms with Gasteiger partial charge in [-0.15, -0.1) is 0 Å². The first kappa shape index (κ1) is 14.5. The topological polar surface area (TPSA) is 92.9 Å². The van der Waals surface area contributed by atoms with E-state index in [1.807, 2.05) is 6.07 Å². The van der Waals surface area contributed by atoms with Crippen LogP contribution in [0.25, 0.3) is 0 Å². The Balaban J connectivity index is 2.10. The molecule has 0 aliphatic carbocycles. The van der Waals surface area contributed by atoms with Gasteiger partial charge < -0.3 is 20.5 Å². The second kappa shape index (κ2) is 6.02. The van der Waals surface area contributed by atoms with E-state index in [4.69, 9.17) is 15.6 Å². The highest BCUT2D eigenvalue weighted by Crippen LogP contribution is 2.22. The van der Waals surface area contributed by atoms with Gasteiger partial charge in [0.2, 0.25) is 5.91 Å². The van der Waals surface area contributed by atoms with Gasteiger partial charge in [-0.3, -0.25) is 9.59 Å². The number of benzene rings is 1. The molecule has 6 heteroatoms. The fraction of sp³-hybridized carbons (Fsp3) is 0.429. The molecule has 0 saturated carbocycles. The van der Waals surface area contributed by atoms with Gasteiger partial charge in [0.05, 0.1) is 19.3 Å². The van der Waals surface area contributed by atoms with Crippen LogP contribution in [0.2, 0.25) is 0 Å². The predicted octanol–water partition coefficient (Wildman–Crippen LogP) is 0.244. The number of carboxylic acid groups (broad SMARTS) is 1. The largest absolute Gasteiger partial charge is 0.481 e. The average Bonchev–Trinajstić information content (AvgIpc) is 2.95. The van der Waals surface area contributed by atoms with E-state index >= 15 is 0 Å². The van der Waals surface area contributed by atoms with Gasteiger partial charge in [0, 0.05) is 7.05 Å². The van der Waals surface area contributed by atoms with Crippen LogP contribution < -0.4 is 5.73 Å². The highest BCUT2D eigenvalue weighted by Gasteiger charge is 2.39. The molecule has 20 heavy (non-hydrogen) atoms. The van der Waals surface area contributed by atoms with Gasteiger partial charge in [-0.2, -0.15) is 0 Å². The number of hydrogen-bond donors (Lipinski definition) is 2. The molecule has 1 saturated heterocycles. The quantitative estimate of drug-likeness (QED) is 0.823. The molecule has 1 fully saturated rings. The van der Waals surface area contributed by atoms with Crippen molar-refractivity contribution in [1.82, 2.24) is 4.90 Å². The van der Waals surface area contributed by atoms with E-state index in [-0.39, 0.29) is 19.1 Å². The molecule has 0 aromatic heterocycles. The van der Waals surface area contributed by atoms with Crippen LogP contribution in [-0.4, -0.2) is 48.2 Å². The Morgan fingerprint density at radius 1 is 1.35 bits per heavy atom. The van der Waals surface area contributed by atoms with Gasteiger partial charge >= 0.3 is 5.97 Å². The van der Waals surface area contributed by atoms with Crippen molar-refractivity contribution in [2.75, 3.05) is 20.3 Å². The van der Waals surface area contributed by atoms with Gasteiger partial charge in [-0.25, -0.2) is 0 Å². The van der Waals surface area contributed by atoms with E-state index in [2.05, 4.69) is 0 Å². The van der Waals surface area contributed by atoms with Crippen LogP contribution in [0, 0.1) is 5.92 Å². The van der Waals surface area contributed by atoms with E-state index in [1.165, 1.54) is 4.90 Å². The maximum atomic E-state index is 12.4. The molecule has 1 amide bonds. The van der Waals surface area contributed by atoms with E-state index in [9.17, 15) is 9.59 Å². The lowest BCUT2D eigenvalue weighted by molar-refractivity contribution is -0.144. The lowest BCUT2D eigenvalue weighted by Gasteiger charge is -2.28. The normalized spacial score (nSPS) is 23.3. The highest BCUT2D eigenvalue weighted by atomic mass is 16.5. The van der Waals surface area contributed by atoms with E-state index in [0.29, 0.717) is 5.56 Å². The number of carboxylic acids is 1. The minimum atomic E-state index is -0.958. The number of nitrogens with zero attached hydrogens (tertiary/aromatic N) is 1. The van der Waals surface area contributed by atoms with Crippen molar-refractivity contribution in [2.45, 2.75) is 12.1 Å². The Bertz CT molecular complexity index is 491. The molecule has 2 rings (SSSR count). The van der Waals surface area contributed by atoms with E-state index in [0.717, 1.165) is 0 Å². The molecule has 6 nitrogen and oxygen atoms in total. The molecule has 1 heterocycles. The minimum absolute atomic E-state index is 0.123. The van der Waals surface area contributed by atoms with Gasteiger partial charge in [-0.05, 0) is 5.56 Å². The summed E-state index contributed by atoms with van der Waals surface area (Å²) >= 11 is 0. The Labute approximate surface area is 117 Å². The summed E-state index contributed by atoms with van der Waals surface area (Å²) in [5.41, 5.74) is 6.65. The summed E-state index contributed by atoms with van der Waals surface area (Å²) in [6.07, 6.45) is 0. The number of carbonyl (C=O) groups is 2. The molecule has 1 aliphatic rings. The van der Waals surface area contributed by atoms with Crippen molar-refractivity contribution < 1.29 is 19.4 Å². The molecule has 0 bridgehead atoms. The highest BCUT2D eigenvalue weighted by molar-refractivity contribution is 5.84. The summed E-state index contributed by atoms with van der Waals surface area (Å²) in [5, 5.41) is 9.12. The summed E-state index contributed by atoms with van der Waals surface area (Å²) in [6.45, 7) is 0.346. The number of amides is 1. The average molecular weight is 278 g/mol. The molecule has 108 valence electrons. The molecular weight excluding hydrogens is 260 g/mol. The Kier molecular flexibility index (Phi) is 4.36. The molecule has 3 N–H and O–H groups in total. The number of rotatable bonds is 4. The monoisotopic (exact) mass is 278 g/mol. The molecule has 3 atom stereocenters. The lowest BCUT2D eigenvalue weighted by atomic mass is 10.0. The van der Waals surface area contributed by atoms with Crippen LogP contribution in [0.3, 0.4) is 0 Å². The van der Waals surface area contributed by atoms with Crippen molar-refractivity contribution in [3.63, 3.8) is 0 Å². The van der Waals surface area contributed by atoms with Crippen LogP contribution in [0.1, 0.15) is 11.6 Å². The first-order valence-corrected chi connectivity index (χ1v) is 6.40. The van der Waals surface area contributed by atoms with Crippen LogP contribution >= 0.6 is 0 Å². The van der Waals surface area contributed by atoms with Gasteiger partial charge in [0.25, 0.3) is 0 Å². The van der Waals surface area contributed by atoms with Crippen LogP contribution in [0.15, 0.2) is 30.3 Å². The molecule has 0 radical (unpaired) electrons. The number of nitrogens with two attached hydrogens (primary N) is 1. The number of aliphatic carboxylic acids is 1. The van der Waals surface area contributed by atoms with Gasteiger partial charge in [0.15, 0.2) is 0 Å². The second-order valence-electron chi connectivity index (χ2n) is 4.89. The zero-order valence-corrected chi connectivity index (χ0v) is 11.2. The summed E-state index contributed by atoms with van der Waals surface area (Å²) in [7, 11) is 1.57. The minimum Gasteiger partial charge on any atom is -0.481 e. The van der Waals surface area contributed by atoms with Gasteiger partial charge in [0.1, 0.15) is 12.0 Å². The maximum absolute atomic E-state index is 12.4. The number of hydrogen-bond acceptors (Lipinski definition) is 4. The van der Waals surface area contributed by atoms with E-state index in [1.54, 1.807) is 31.3 Å². The summed E-state index contributed by atoms with van der Waals surface area (Å²) < 4.78 is 5.17. The Hall–Kier alpha value is -1.92. The van der Waals surface area contributed by atoms with E-state index < -0.39 is 24.0 Å². The predicted molar refractivity (Wildman–Crippen MR) is 71.9 cm³/mol. The first-order chi connectivity index (χ1) is 9.52. The standard InChI is InChI=1S/C14H18N2O4/c1-16(11-8-20-7-10(11)14(18)19)13(17)12(15)9-5-3-2-4-6-9/h2-6,10-12H,7-8,15H2,1H3,(H,18,19). The fourth-order valence-corrected chi connectivity index (χ4v) is 2.35. The third kappa shape index (κ3) is 2.81. The van der Waals surface area contributed by atoms with Crippen LogP contribution in [0.4, 0.5) is 0 Å². The van der Waals surface area contributed by atoms with Crippen molar-refractivity contribution in [3.8, 4) is 0 Å². The van der Waals surface area contributed by atoms with Crippen molar-refractivity contribution in [3.05, 3.63) is 35.9 Å². The zero-order valence-electron chi connectivity index (χ0n) is 11.2. The molecule has 1 aromatic carbocycles. The molecule has 3 unspecified atom stereocenters. The molecule has 0 spiro atoms. The summed E-state index contributed by atoms with van der Waals surface area (Å²) in [5.74, 6) is -1.97. The number of likely N-dealkylation sites (N-methyl/N-ethyl adjacent to an activating group) is 1. The smallest absolute Gasteiger partial charge is 0.311 e. The third-order valence-electron chi connectivity index (χ3n) is 3.64. The van der Waals surface area contributed by atoms with Crippen molar-refractivity contribution in [2.24, 2.45) is 11.7 Å².